The summed E-state index contributed by atoms with van der Waals surface area (Å²) in [5.41, 5.74) is -0.529. The Hall–Kier alpha value is -0.870. The molecular formula is C10H18BrN3O2. The molecule has 0 saturated carbocycles. The number of nitrogens with one attached hydrogen (secondary N) is 2. The van der Waals surface area contributed by atoms with Crippen molar-refractivity contribution in [1.29, 1.82) is 5.41 Å². The van der Waals surface area contributed by atoms with E-state index >= 15 is 0 Å². The minimum Gasteiger partial charge on any atom is -0.444 e. The van der Waals surface area contributed by atoms with E-state index in [9.17, 15) is 4.79 Å². The number of rotatable bonds is 5. The number of carbonyl (C=O) groups excluding carboxylic acids is 1. The van der Waals surface area contributed by atoms with Crippen LogP contribution >= 0.6 is 15.9 Å². The normalized spacial score (nSPS) is 12.5. The number of ether oxygens (including phenoxy) is 1. The van der Waals surface area contributed by atoms with E-state index < -0.39 is 17.9 Å². The van der Waals surface area contributed by atoms with Crippen molar-refractivity contribution in [3.05, 3.63) is 0 Å². The molecule has 0 aromatic carbocycles. The molecule has 6 heteroatoms. The summed E-state index contributed by atoms with van der Waals surface area (Å²) in [6, 6.07) is 1.93. The molecule has 0 heterocycles. The molecule has 1 unspecified atom stereocenters. The summed E-state index contributed by atoms with van der Waals surface area (Å²) in [7, 11) is 0. The first-order chi connectivity index (χ1) is 7.39. The van der Waals surface area contributed by atoms with E-state index in [1.807, 2.05) is 6.01 Å². The van der Waals surface area contributed by atoms with E-state index in [-0.39, 0.29) is 0 Å². The van der Waals surface area contributed by atoms with Crippen LogP contribution in [0.2, 0.25) is 0 Å². The van der Waals surface area contributed by atoms with Gasteiger partial charge in [-0.15, -0.1) is 0 Å². The van der Waals surface area contributed by atoms with Gasteiger partial charge in [-0.2, -0.15) is 0 Å². The highest BCUT2D eigenvalue weighted by atomic mass is 79.9. The van der Waals surface area contributed by atoms with Crippen LogP contribution in [-0.2, 0) is 4.74 Å². The van der Waals surface area contributed by atoms with Gasteiger partial charge in [-0.25, -0.2) is 15.2 Å². The molecule has 16 heavy (non-hydrogen) atoms. The molecule has 0 bridgehead atoms. The molecule has 0 aliphatic rings. The van der Waals surface area contributed by atoms with Gasteiger partial charge in [-0.3, -0.25) is 5.32 Å². The summed E-state index contributed by atoms with van der Waals surface area (Å²) in [6.07, 6.45) is 0.540. The third-order valence-electron chi connectivity index (χ3n) is 1.51. The first-order valence-electron chi connectivity index (χ1n) is 5.06. The maximum atomic E-state index is 11.4. The second kappa shape index (κ2) is 7.41. The van der Waals surface area contributed by atoms with Crippen LogP contribution in [0, 0.1) is 5.41 Å². The fraction of sp³-hybridized carbons (Fsp3) is 0.800. The maximum absolute atomic E-state index is 11.4. The largest absolute Gasteiger partial charge is 0.444 e. The third-order valence-corrected chi connectivity index (χ3v) is 2.08. The average molecular weight is 292 g/mol. The van der Waals surface area contributed by atoms with Crippen molar-refractivity contribution < 1.29 is 9.53 Å². The van der Waals surface area contributed by atoms with Crippen LogP contribution in [0.1, 0.15) is 33.6 Å². The third kappa shape index (κ3) is 8.44. The van der Waals surface area contributed by atoms with Crippen molar-refractivity contribution in [3.63, 3.8) is 0 Å². The van der Waals surface area contributed by atoms with Gasteiger partial charge in [0.1, 0.15) is 11.8 Å². The first-order valence-corrected chi connectivity index (χ1v) is 6.18. The van der Waals surface area contributed by atoms with Crippen molar-refractivity contribution in [2.45, 2.75) is 45.4 Å². The molecule has 0 radical (unpaired) electrons. The quantitative estimate of drug-likeness (QED) is 0.604. The average Bonchev–Trinajstić information content (AvgIpc) is 2.11. The number of carbonyl (C=O) groups is 1. The van der Waals surface area contributed by atoms with Crippen LogP contribution in [0.4, 0.5) is 4.79 Å². The van der Waals surface area contributed by atoms with E-state index in [0.29, 0.717) is 6.42 Å². The van der Waals surface area contributed by atoms with Crippen molar-refractivity contribution in [2.24, 2.45) is 4.99 Å². The molecule has 2 N–H and O–H groups in total. The summed E-state index contributed by atoms with van der Waals surface area (Å²) in [6.45, 7) is 5.37. The van der Waals surface area contributed by atoms with Crippen molar-refractivity contribution >= 4 is 28.0 Å². The Bertz CT molecular complexity index is 270. The Kier molecular flexibility index (Phi) is 7.01. The van der Waals surface area contributed by atoms with Crippen LogP contribution < -0.4 is 5.32 Å². The van der Waals surface area contributed by atoms with Gasteiger partial charge in [0.15, 0.2) is 0 Å². The number of alkyl carbamates (subject to hydrolysis) is 1. The predicted molar refractivity (Wildman–Crippen MR) is 66.3 cm³/mol. The van der Waals surface area contributed by atoms with Crippen LogP contribution in [0.3, 0.4) is 0 Å². The number of halogens is 1. The SMILES string of the molecule is CC(C)(C)OC(=O)NC(CCCBr)N=C=N. The van der Waals surface area contributed by atoms with Crippen molar-refractivity contribution in [2.75, 3.05) is 5.33 Å². The topological polar surface area (TPSA) is 74.5 Å². The molecule has 0 aromatic heterocycles. The lowest BCUT2D eigenvalue weighted by Gasteiger charge is -2.21. The van der Waals surface area contributed by atoms with Crippen LogP contribution in [0.5, 0.6) is 0 Å². The fourth-order valence-electron chi connectivity index (χ4n) is 0.961. The number of hydrogen-bond acceptors (Lipinski definition) is 4. The zero-order valence-corrected chi connectivity index (χ0v) is 11.4. The Balaban J connectivity index is 4.18. The molecule has 0 aliphatic heterocycles. The molecule has 0 rings (SSSR count). The van der Waals surface area contributed by atoms with E-state index in [2.05, 4.69) is 26.2 Å². The fourth-order valence-corrected chi connectivity index (χ4v) is 1.28. The van der Waals surface area contributed by atoms with E-state index in [1.54, 1.807) is 20.8 Å². The summed E-state index contributed by atoms with van der Waals surface area (Å²) in [5, 5.41) is 10.2. The standard InChI is InChI=1S/C10H18BrN3O2/c1-10(2,3)16-9(15)14-8(13-7-12)5-4-6-11/h8,12H,4-6H2,1-3H3,(H,14,15). The molecule has 92 valence electrons. The van der Waals surface area contributed by atoms with Gasteiger partial charge < -0.3 is 4.74 Å². The Morgan fingerprint density at radius 3 is 2.69 bits per heavy atom. The molecule has 1 amide bonds. The predicted octanol–water partition coefficient (Wildman–Crippen LogP) is 2.76. The lowest BCUT2D eigenvalue weighted by atomic mass is 10.2. The molecule has 0 spiro atoms. The van der Waals surface area contributed by atoms with Gasteiger partial charge in [0.25, 0.3) is 0 Å². The first kappa shape index (κ1) is 15.1. The number of hydrogen-bond donors (Lipinski definition) is 2. The smallest absolute Gasteiger partial charge is 0.409 e. The van der Waals surface area contributed by atoms with Gasteiger partial charge in [0.2, 0.25) is 0 Å². The minimum absolute atomic E-state index is 0.440. The van der Waals surface area contributed by atoms with Crippen molar-refractivity contribution in [1.82, 2.24) is 5.32 Å². The number of nitrogens with zero attached hydrogens (tertiary/aromatic N) is 1. The van der Waals surface area contributed by atoms with E-state index in [0.717, 1.165) is 11.8 Å². The molecule has 0 aliphatic carbocycles. The summed E-state index contributed by atoms with van der Waals surface area (Å²) >= 11 is 3.29. The molecule has 1 atom stereocenters. The summed E-state index contributed by atoms with van der Waals surface area (Å²) in [5.74, 6) is 0. The summed E-state index contributed by atoms with van der Waals surface area (Å²) in [4.78, 5) is 15.1. The second-order valence-corrected chi connectivity index (χ2v) is 5.03. The molecule has 0 aromatic rings. The van der Waals surface area contributed by atoms with Gasteiger partial charge in [0.05, 0.1) is 6.01 Å². The van der Waals surface area contributed by atoms with Gasteiger partial charge in [0, 0.05) is 5.33 Å². The van der Waals surface area contributed by atoms with Crippen LogP contribution in [0.15, 0.2) is 4.99 Å². The lowest BCUT2D eigenvalue weighted by Crippen LogP contribution is -2.38. The van der Waals surface area contributed by atoms with E-state index in [4.69, 9.17) is 10.1 Å². The molecular weight excluding hydrogens is 274 g/mol. The Morgan fingerprint density at radius 1 is 1.62 bits per heavy atom. The number of amides is 1. The van der Waals surface area contributed by atoms with Crippen molar-refractivity contribution in [3.8, 4) is 0 Å². The van der Waals surface area contributed by atoms with Crippen LogP contribution in [-0.4, -0.2) is 29.2 Å². The monoisotopic (exact) mass is 291 g/mol. The highest BCUT2D eigenvalue weighted by Gasteiger charge is 2.18. The highest BCUT2D eigenvalue weighted by Crippen LogP contribution is 2.08. The summed E-state index contributed by atoms with van der Waals surface area (Å²) < 4.78 is 5.08. The molecule has 0 fully saturated rings. The minimum atomic E-state index is -0.529. The maximum Gasteiger partial charge on any atom is 0.409 e. The highest BCUT2D eigenvalue weighted by molar-refractivity contribution is 9.09. The number of alkyl halides is 1. The Morgan fingerprint density at radius 2 is 2.25 bits per heavy atom. The molecule has 5 nitrogen and oxygen atoms in total. The Labute approximate surface area is 104 Å². The van der Waals surface area contributed by atoms with Crippen LogP contribution in [0.25, 0.3) is 0 Å². The van der Waals surface area contributed by atoms with Gasteiger partial charge in [-0.05, 0) is 33.6 Å². The van der Waals surface area contributed by atoms with Gasteiger partial charge in [-0.1, -0.05) is 15.9 Å². The zero-order valence-electron chi connectivity index (χ0n) is 9.84. The van der Waals surface area contributed by atoms with E-state index in [1.165, 1.54) is 0 Å². The lowest BCUT2D eigenvalue weighted by molar-refractivity contribution is 0.0504. The second-order valence-electron chi connectivity index (χ2n) is 4.23. The van der Waals surface area contributed by atoms with Gasteiger partial charge >= 0.3 is 6.09 Å². The zero-order chi connectivity index (χ0) is 12.6. The number of aliphatic imine (C=N–C) groups is 1. The molecule has 0 saturated heterocycles.